The summed E-state index contributed by atoms with van der Waals surface area (Å²) in [5, 5.41) is 5.98. The van der Waals surface area contributed by atoms with Crippen LogP contribution in [0.3, 0.4) is 0 Å². The van der Waals surface area contributed by atoms with Crippen molar-refractivity contribution in [1.82, 2.24) is 5.17 Å². The Morgan fingerprint density at radius 3 is 2.57 bits per heavy atom. The Hall–Kier alpha value is -0.570. The molecule has 0 fully saturated rings. The molecule has 0 aliphatic carbocycles. The van der Waals surface area contributed by atoms with Crippen LogP contribution in [0.25, 0.3) is 0 Å². The lowest BCUT2D eigenvalue weighted by molar-refractivity contribution is -0.126. The van der Waals surface area contributed by atoms with Crippen LogP contribution < -0.4 is 0 Å². The molecule has 0 radical (unpaired) electrons. The molecule has 3 nitrogen and oxygen atoms in total. The monoisotopic (exact) mass is 198 g/mol. The number of hydroxylamine groups is 1. The van der Waals surface area contributed by atoms with Gasteiger partial charge in [0.15, 0.2) is 0 Å². The Labute approximate surface area is 87.1 Å². The highest BCUT2D eigenvalue weighted by molar-refractivity contribution is 5.83. The Morgan fingerprint density at radius 1 is 1.21 bits per heavy atom. The van der Waals surface area contributed by atoms with E-state index < -0.39 is 0 Å². The lowest BCUT2D eigenvalue weighted by Crippen LogP contribution is -2.14. The molecule has 0 bridgehead atoms. The first-order chi connectivity index (χ1) is 6.83. The molecule has 0 aromatic carbocycles. The van der Waals surface area contributed by atoms with E-state index in [1.54, 1.807) is 5.17 Å². The molecule has 1 aliphatic rings. The fourth-order valence-electron chi connectivity index (χ4n) is 1.56. The highest BCUT2D eigenvalue weighted by atomic mass is 16.7. The average Bonchev–Trinajstić information content (AvgIpc) is 2.58. The normalized spacial score (nSPS) is 16.1. The van der Waals surface area contributed by atoms with Crippen LogP contribution in [0.4, 0.5) is 0 Å². The number of rotatable bonds is 7. The molecule has 0 spiro atoms. The van der Waals surface area contributed by atoms with Crippen molar-refractivity contribution >= 4 is 5.71 Å². The van der Waals surface area contributed by atoms with Crippen LogP contribution in [0.15, 0.2) is 5.10 Å². The predicted octanol–water partition coefficient (Wildman–Crippen LogP) is 2.97. The number of hydrogen-bond acceptors (Lipinski definition) is 3. The highest BCUT2D eigenvalue weighted by Gasteiger charge is 2.09. The van der Waals surface area contributed by atoms with Gasteiger partial charge >= 0.3 is 0 Å². The number of hydrazone groups is 1. The molecule has 14 heavy (non-hydrogen) atoms. The fraction of sp³-hybridized carbons (Fsp3) is 0.909. The summed E-state index contributed by atoms with van der Waals surface area (Å²) in [6.45, 7) is 5.87. The topological polar surface area (TPSA) is 24.8 Å². The summed E-state index contributed by atoms with van der Waals surface area (Å²) in [6.07, 6.45) is 7.91. The molecule has 0 amide bonds. The second-order valence-electron chi connectivity index (χ2n) is 3.95. The first-order valence-electron chi connectivity index (χ1n) is 5.77. The summed E-state index contributed by atoms with van der Waals surface area (Å²) in [5.41, 5.74) is 1.08. The summed E-state index contributed by atoms with van der Waals surface area (Å²) in [4.78, 5) is 5.32. The van der Waals surface area contributed by atoms with Gasteiger partial charge in [0.2, 0.25) is 0 Å². The quantitative estimate of drug-likeness (QED) is 0.587. The van der Waals surface area contributed by atoms with E-state index in [1.807, 2.05) is 6.92 Å². The van der Waals surface area contributed by atoms with E-state index in [9.17, 15) is 0 Å². The highest BCUT2D eigenvalue weighted by Crippen LogP contribution is 2.08. The minimum atomic E-state index is 0.676. The molecule has 0 atom stereocenters. The van der Waals surface area contributed by atoms with Crippen LogP contribution in [0, 0.1) is 0 Å². The molecule has 82 valence electrons. The molecule has 1 aliphatic heterocycles. The van der Waals surface area contributed by atoms with Gasteiger partial charge in [0.1, 0.15) is 6.61 Å². The van der Waals surface area contributed by atoms with Gasteiger partial charge in [-0.15, -0.1) is 0 Å². The van der Waals surface area contributed by atoms with Gasteiger partial charge in [-0.25, -0.2) is 0 Å². The van der Waals surface area contributed by atoms with Gasteiger partial charge in [0, 0.05) is 0 Å². The maximum Gasteiger partial charge on any atom is 0.116 e. The summed E-state index contributed by atoms with van der Waals surface area (Å²) in [6, 6.07) is 0. The van der Waals surface area contributed by atoms with Gasteiger partial charge < -0.3 is 0 Å². The average molecular weight is 198 g/mol. The van der Waals surface area contributed by atoms with Crippen molar-refractivity contribution in [2.24, 2.45) is 5.10 Å². The van der Waals surface area contributed by atoms with E-state index in [0.29, 0.717) is 6.61 Å². The molecule has 0 N–H and O–H groups in total. The van der Waals surface area contributed by atoms with Crippen LogP contribution in [-0.4, -0.2) is 24.0 Å². The molecule has 0 saturated carbocycles. The number of unbranched alkanes of at least 4 members (excludes halogenated alkanes) is 5. The van der Waals surface area contributed by atoms with Gasteiger partial charge in [0.05, 0.1) is 12.3 Å². The number of hydrogen-bond donors (Lipinski definition) is 0. The Balaban J connectivity index is 1.89. The van der Waals surface area contributed by atoms with Crippen LogP contribution in [0.5, 0.6) is 0 Å². The van der Waals surface area contributed by atoms with Crippen molar-refractivity contribution < 1.29 is 4.84 Å². The van der Waals surface area contributed by atoms with Gasteiger partial charge in [0.25, 0.3) is 0 Å². The van der Waals surface area contributed by atoms with E-state index in [-0.39, 0.29) is 0 Å². The van der Waals surface area contributed by atoms with Crippen LogP contribution >= 0.6 is 0 Å². The minimum absolute atomic E-state index is 0.676. The van der Waals surface area contributed by atoms with Crippen molar-refractivity contribution in [2.75, 3.05) is 13.2 Å². The van der Waals surface area contributed by atoms with E-state index in [2.05, 4.69) is 12.0 Å². The SMILES string of the molecule is CCCCCCCCN1N=C(C)CO1. The van der Waals surface area contributed by atoms with E-state index in [1.165, 1.54) is 38.5 Å². The fourth-order valence-corrected chi connectivity index (χ4v) is 1.56. The van der Waals surface area contributed by atoms with Crippen LogP contribution in [0.1, 0.15) is 52.4 Å². The van der Waals surface area contributed by atoms with E-state index >= 15 is 0 Å². The maximum absolute atomic E-state index is 5.32. The van der Waals surface area contributed by atoms with E-state index in [4.69, 9.17) is 4.84 Å². The molecule has 0 aromatic heterocycles. The van der Waals surface area contributed by atoms with Crippen molar-refractivity contribution in [2.45, 2.75) is 52.4 Å². The zero-order chi connectivity index (χ0) is 10.2. The standard InChI is InChI=1S/C11H22N2O/c1-3-4-5-6-7-8-9-13-12-11(2)10-14-13/h3-10H2,1-2H3. The summed E-state index contributed by atoms with van der Waals surface area (Å²) < 4.78 is 0. The van der Waals surface area contributed by atoms with Crippen molar-refractivity contribution in [3.8, 4) is 0 Å². The largest absolute Gasteiger partial charge is 0.250 e. The second-order valence-corrected chi connectivity index (χ2v) is 3.95. The third-order valence-electron chi connectivity index (χ3n) is 2.41. The molecule has 0 unspecified atom stereocenters. The molecule has 3 heteroatoms. The van der Waals surface area contributed by atoms with Gasteiger partial charge in [-0.05, 0) is 13.3 Å². The molecule has 0 saturated heterocycles. The predicted molar refractivity (Wildman–Crippen MR) is 59.1 cm³/mol. The lowest BCUT2D eigenvalue weighted by atomic mass is 10.1. The summed E-state index contributed by atoms with van der Waals surface area (Å²) in [7, 11) is 0. The molecule has 0 aromatic rings. The Bertz CT molecular complexity index is 180. The van der Waals surface area contributed by atoms with Crippen molar-refractivity contribution in [3.63, 3.8) is 0 Å². The molecule has 1 rings (SSSR count). The van der Waals surface area contributed by atoms with Gasteiger partial charge in [-0.1, -0.05) is 39.0 Å². The zero-order valence-electron chi connectivity index (χ0n) is 9.46. The number of nitrogens with zero attached hydrogens (tertiary/aromatic N) is 2. The first kappa shape index (κ1) is 11.5. The Kier molecular flexibility index (Phi) is 5.60. The maximum atomic E-state index is 5.32. The minimum Gasteiger partial charge on any atom is -0.250 e. The first-order valence-corrected chi connectivity index (χ1v) is 5.77. The Morgan fingerprint density at radius 2 is 1.93 bits per heavy atom. The van der Waals surface area contributed by atoms with E-state index in [0.717, 1.165) is 12.3 Å². The zero-order valence-corrected chi connectivity index (χ0v) is 9.46. The van der Waals surface area contributed by atoms with Crippen LogP contribution in [0.2, 0.25) is 0 Å². The third kappa shape index (κ3) is 4.61. The summed E-state index contributed by atoms with van der Waals surface area (Å²) in [5.74, 6) is 0. The smallest absolute Gasteiger partial charge is 0.116 e. The molecule has 1 heterocycles. The van der Waals surface area contributed by atoms with Crippen molar-refractivity contribution in [3.05, 3.63) is 0 Å². The van der Waals surface area contributed by atoms with Crippen molar-refractivity contribution in [1.29, 1.82) is 0 Å². The third-order valence-corrected chi connectivity index (χ3v) is 2.41. The van der Waals surface area contributed by atoms with Gasteiger partial charge in [-0.2, -0.15) is 10.3 Å². The van der Waals surface area contributed by atoms with Gasteiger partial charge in [-0.3, -0.25) is 4.84 Å². The molecular formula is C11H22N2O. The summed E-state index contributed by atoms with van der Waals surface area (Å²) >= 11 is 0. The lowest BCUT2D eigenvalue weighted by Gasteiger charge is -2.11. The van der Waals surface area contributed by atoms with Crippen LogP contribution in [-0.2, 0) is 4.84 Å². The second kappa shape index (κ2) is 6.82. The molecular weight excluding hydrogens is 176 g/mol.